The van der Waals surface area contributed by atoms with Crippen LogP contribution in [0.5, 0.6) is 5.75 Å². The molecule has 4 heteroatoms. The monoisotopic (exact) mass is 253 g/mol. The average molecular weight is 253 g/mol. The summed E-state index contributed by atoms with van der Waals surface area (Å²) in [4.78, 5) is 4.35. The van der Waals surface area contributed by atoms with Crippen LogP contribution in [0, 0.1) is 18.3 Å². The molecular formula is C15H15N3O. The number of nitriles is 1. The number of anilines is 2. The number of hydrogen-bond acceptors (Lipinski definition) is 4. The van der Waals surface area contributed by atoms with Gasteiger partial charge in [-0.05, 0) is 38.1 Å². The Morgan fingerprint density at radius 2 is 2.05 bits per heavy atom. The molecule has 96 valence electrons. The van der Waals surface area contributed by atoms with Crippen LogP contribution in [0.2, 0.25) is 0 Å². The average Bonchev–Trinajstić information content (AvgIpc) is 2.42. The molecule has 1 aromatic carbocycles. The third-order valence-corrected chi connectivity index (χ3v) is 2.59. The standard InChI is InChI=1S/C15H15N3O/c1-3-19-14-7-5-4-6-13(14)18-15-12(10-16)9-8-11(2)17-15/h4-9H,3H2,1-2H3,(H,17,18). The Morgan fingerprint density at radius 1 is 1.26 bits per heavy atom. The van der Waals surface area contributed by atoms with Gasteiger partial charge in [0.05, 0.1) is 17.9 Å². The zero-order valence-electron chi connectivity index (χ0n) is 11.0. The van der Waals surface area contributed by atoms with Crippen LogP contribution in [0.4, 0.5) is 11.5 Å². The fourth-order valence-corrected chi connectivity index (χ4v) is 1.72. The molecule has 0 radical (unpaired) electrons. The Balaban J connectivity index is 2.36. The lowest BCUT2D eigenvalue weighted by Gasteiger charge is -2.12. The van der Waals surface area contributed by atoms with E-state index in [1.165, 1.54) is 0 Å². The van der Waals surface area contributed by atoms with Crippen LogP contribution in [0.1, 0.15) is 18.2 Å². The van der Waals surface area contributed by atoms with Gasteiger partial charge in [0.15, 0.2) is 0 Å². The second kappa shape index (κ2) is 5.87. The van der Waals surface area contributed by atoms with Crippen LogP contribution < -0.4 is 10.1 Å². The van der Waals surface area contributed by atoms with E-state index in [9.17, 15) is 0 Å². The third-order valence-electron chi connectivity index (χ3n) is 2.59. The summed E-state index contributed by atoms with van der Waals surface area (Å²) in [7, 11) is 0. The maximum atomic E-state index is 9.10. The van der Waals surface area contributed by atoms with Crippen molar-refractivity contribution in [2.24, 2.45) is 0 Å². The lowest BCUT2D eigenvalue weighted by molar-refractivity contribution is 0.342. The molecule has 0 bridgehead atoms. The van der Waals surface area contributed by atoms with E-state index in [0.717, 1.165) is 17.1 Å². The molecular weight excluding hydrogens is 238 g/mol. The van der Waals surface area contributed by atoms with Crippen LogP contribution in [-0.2, 0) is 0 Å². The molecule has 0 amide bonds. The Hall–Kier alpha value is -2.54. The smallest absolute Gasteiger partial charge is 0.148 e. The van der Waals surface area contributed by atoms with Gasteiger partial charge >= 0.3 is 0 Å². The summed E-state index contributed by atoms with van der Waals surface area (Å²) >= 11 is 0. The van der Waals surface area contributed by atoms with Crippen molar-refractivity contribution in [3.05, 3.63) is 47.7 Å². The lowest BCUT2D eigenvalue weighted by atomic mass is 10.2. The molecule has 19 heavy (non-hydrogen) atoms. The Bertz CT molecular complexity index is 617. The highest BCUT2D eigenvalue weighted by atomic mass is 16.5. The van der Waals surface area contributed by atoms with Crippen molar-refractivity contribution in [2.75, 3.05) is 11.9 Å². The number of nitrogens with zero attached hydrogens (tertiary/aromatic N) is 2. The molecule has 0 saturated carbocycles. The van der Waals surface area contributed by atoms with Gasteiger partial charge in [-0.3, -0.25) is 0 Å². The van der Waals surface area contributed by atoms with Crippen LogP contribution in [0.15, 0.2) is 36.4 Å². The summed E-state index contributed by atoms with van der Waals surface area (Å²) in [6.07, 6.45) is 0. The molecule has 0 unspecified atom stereocenters. The highest BCUT2D eigenvalue weighted by molar-refractivity contribution is 5.67. The van der Waals surface area contributed by atoms with E-state index >= 15 is 0 Å². The van der Waals surface area contributed by atoms with Gasteiger partial charge in [-0.25, -0.2) is 4.98 Å². The summed E-state index contributed by atoms with van der Waals surface area (Å²) in [6, 6.07) is 13.3. The topological polar surface area (TPSA) is 57.9 Å². The largest absolute Gasteiger partial charge is 0.492 e. The molecule has 0 aliphatic carbocycles. The molecule has 0 atom stereocenters. The van der Waals surface area contributed by atoms with Crippen molar-refractivity contribution in [3.63, 3.8) is 0 Å². The maximum Gasteiger partial charge on any atom is 0.148 e. The number of benzene rings is 1. The SMILES string of the molecule is CCOc1ccccc1Nc1nc(C)ccc1C#N. The molecule has 1 aromatic heterocycles. The number of ether oxygens (including phenoxy) is 1. The first-order chi connectivity index (χ1) is 9.24. The van der Waals surface area contributed by atoms with E-state index in [4.69, 9.17) is 10.00 Å². The molecule has 2 rings (SSSR count). The Kier molecular flexibility index (Phi) is 3.99. The molecule has 0 aliphatic rings. The predicted molar refractivity (Wildman–Crippen MR) is 74.6 cm³/mol. The van der Waals surface area contributed by atoms with Gasteiger partial charge in [0.1, 0.15) is 17.6 Å². The number of nitrogens with one attached hydrogen (secondary N) is 1. The molecule has 0 spiro atoms. The Labute approximate surface area is 112 Å². The minimum atomic E-state index is 0.511. The molecule has 1 heterocycles. The number of aryl methyl sites for hydroxylation is 1. The van der Waals surface area contributed by atoms with Gasteiger partial charge in [0.2, 0.25) is 0 Å². The van der Waals surface area contributed by atoms with E-state index in [0.29, 0.717) is 18.0 Å². The number of hydrogen-bond donors (Lipinski definition) is 1. The maximum absolute atomic E-state index is 9.10. The van der Waals surface area contributed by atoms with E-state index < -0.39 is 0 Å². The molecule has 2 aromatic rings. The third kappa shape index (κ3) is 3.02. The number of pyridine rings is 1. The number of rotatable bonds is 4. The fraction of sp³-hybridized carbons (Fsp3) is 0.200. The first-order valence-corrected chi connectivity index (χ1v) is 6.11. The van der Waals surface area contributed by atoms with E-state index in [1.807, 2.05) is 44.2 Å². The van der Waals surface area contributed by atoms with Gasteiger partial charge in [0, 0.05) is 5.69 Å². The van der Waals surface area contributed by atoms with Crippen LogP contribution in [-0.4, -0.2) is 11.6 Å². The highest BCUT2D eigenvalue weighted by Gasteiger charge is 2.08. The molecule has 0 saturated heterocycles. The highest BCUT2D eigenvalue weighted by Crippen LogP contribution is 2.27. The summed E-state index contributed by atoms with van der Waals surface area (Å²) in [5, 5.41) is 12.3. The van der Waals surface area contributed by atoms with Crippen molar-refractivity contribution in [2.45, 2.75) is 13.8 Å². The number of para-hydroxylation sites is 2. The fourth-order valence-electron chi connectivity index (χ4n) is 1.72. The summed E-state index contributed by atoms with van der Waals surface area (Å²) in [5.74, 6) is 1.30. The van der Waals surface area contributed by atoms with Gasteiger partial charge in [0.25, 0.3) is 0 Å². The van der Waals surface area contributed by atoms with E-state index in [-0.39, 0.29) is 0 Å². The summed E-state index contributed by atoms with van der Waals surface area (Å²) in [6.45, 7) is 4.41. The zero-order valence-corrected chi connectivity index (χ0v) is 11.0. The lowest BCUT2D eigenvalue weighted by Crippen LogP contribution is -2.01. The van der Waals surface area contributed by atoms with Crippen molar-refractivity contribution in [3.8, 4) is 11.8 Å². The summed E-state index contributed by atoms with van der Waals surface area (Å²) < 4.78 is 5.54. The van der Waals surface area contributed by atoms with Gasteiger partial charge in [-0.15, -0.1) is 0 Å². The quantitative estimate of drug-likeness (QED) is 0.907. The van der Waals surface area contributed by atoms with Crippen LogP contribution >= 0.6 is 0 Å². The predicted octanol–water partition coefficient (Wildman–Crippen LogP) is 3.40. The van der Waals surface area contributed by atoms with Crippen molar-refractivity contribution >= 4 is 11.5 Å². The second-order valence-electron chi connectivity index (χ2n) is 4.01. The molecule has 0 aliphatic heterocycles. The normalized spacial score (nSPS) is 9.74. The van der Waals surface area contributed by atoms with Gasteiger partial charge < -0.3 is 10.1 Å². The number of aromatic nitrogens is 1. The van der Waals surface area contributed by atoms with Crippen molar-refractivity contribution in [1.29, 1.82) is 5.26 Å². The minimum Gasteiger partial charge on any atom is -0.492 e. The molecule has 4 nitrogen and oxygen atoms in total. The van der Waals surface area contributed by atoms with E-state index in [2.05, 4.69) is 16.4 Å². The van der Waals surface area contributed by atoms with E-state index in [1.54, 1.807) is 6.07 Å². The van der Waals surface area contributed by atoms with Gasteiger partial charge in [-0.2, -0.15) is 5.26 Å². The second-order valence-corrected chi connectivity index (χ2v) is 4.01. The molecule has 0 fully saturated rings. The van der Waals surface area contributed by atoms with Gasteiger partial charge in [-0.1, -0.05) is 12.1 Å². The molecule has 1 N–H and O–H groups in total. The van der Waals surface area contributed by atoms with Crippen LogP contribution in [0.25, 0.3) is 0 Å². The summed E-state index contributed by atoms with van der Waals surface area (Å²) in [5.41, 5.74) is 2.17. The Morgan fingerprint density at radius 3 is 2.79 bits per heavy atom. The minimum absolute atomic E-state index is 0.511. The van der Waals surface area contributed by atoms with Crippen LogP contribution in [0.3, 0.4) is 0 Å². The van der Waals surface area contributed by atoms with Crippen molar-refractivity contribution < 1.29 is 4.74 Å². The zero-order chi connectivity index (χ0) is 13.7. The first kappa shape index (κ1) is 12.9. The van der Waals surface area contributed by atoms with Crippen molar-refractivity contribution in [1.82, 2.24) is 4.98 Å². The first-order valence-electron chi connectivity index (χ1n) is 6.11.